The Kier molecular flexibility index (Phi) is 3.46. The lowest BCUT2D eigenvalue weighted by Crippen LogP contribution is -1.93. The fraction of sp³-hybridized carbons (Fsp3) is 0.0667. The van der Waals surface area contributed by atoms with Crippen LogP contribution in [-0.4, -0.2) is 6.61 Å². The summed E-state index contributed by atoms with van der Waals surface area (Å²) in [7, 11) is 0. The molecule has 2 rings (SSSR count). The van der Waals surface area contributed by atoms with E-state index in [1.165, 1.54) is 0 Å². The maximum absolute atomic E-state index is 5.95. The Bertz CT molecular complexity index is 520. The summed E-state index contributed by atoms with van der Waals surface area (Å²) < 4.78 is 5.50. The lowest BCUT2D eigenvalue weighted by atomic mass is 10.0. The van der Waals surface area contributed by atoms with Gasteiger partial charge in [-0.25, -0.2) is 0 Å². The van der Waals surface area contributed by atoms with Crippen molar-refractivity contribution in [2.45, 2.75) is 0 Å². The number of benzene rings is 2. The van der Waals surface area contributed by atoms with Crippen molar-refractivity contribution in [3.8, 4) is 16.9 Å². The molecule has 0 heterocycles. The van der Waals surface area contributed by atoms with Crippen molar-refractivity contribution in [2.75, 3.05) is 12.3 Å². The van der Waals surface area contributed by atoms with Crippen LogP contribution in [0, 0.1) is 0 Å². The fourth-order valence-electron chi connectivity index (χ4n) is 1.67. The van der Waals surface area contributed by atoms with Crippen LogP contribution < -0.4 is 10.5 Å². The summed E-state index contributed by atoms with van der Waals surface area (Å²) >= 11 is 0. The molecule has 0 aliphatic heterocycles. The predicted molar refractivity (Wildman–Crippen MR) is 72.0 cm³/mol. The van der Waals surface area contributed by atoms with Crippen LogP contribution in [0.1, 0.15) is 0 Å². The number of ether oxygens (including phenoxy) is 1. The van der Waals surface area contributed by atoms with E-state index in [4.69, 9.17) is 10.5 Å². The summed E-state index contributed by atoms with van der Waals surface area (Å²) in [5.74, 6) is 0.825. The Balaban J connectivity index is 2.33. The third-order valence-corrected chi connectivity index (χ3v) is 2.47. The minimum absolute atomic E-state index is 0.508. The zero-order chi connectivity index (χ0) is 12.1. The number of para-hydroxylation sites is 1. The third kappa shape index (κ3) is 2.67. The highest BCUT2D eigenvalue weighted by Gasteiger charge is 2.02. The van der Waals surface area contributed by atoms with Gasteiger partial charge in [-0.3, -0.25) is 0 Å². The first kappa shape index (κ1) is 11.3. The molecule has 2 N–H and O–H groups in total. The Morgan fingerprint density at radius 3 is 2.71 bits per heavy atom. The van der Waals surface area contributed by atoms with Crippen molar-refractivity contribution < 1.29 is 4.74 Å². The van der Waals surface area contributed by atoms with Gasteiger partial charge in [0.2, 0.25) is 0 Å². The highest BCUT2D eigenvalue weighted by Crippen LogP contribution is 2.28. The smallest absolute Gasteiger partial charge is 0.120 e. The Morgan fingerprint density at radius 2 is 1.94 bits per heavy atom. The van der Waals surface area contributed by atoms with Crippen LogP contribution in [-0.2, 0) is 0 Å². The second-order valence-electron chi connectivity index (χ2n) is 3.71. The zero-order valence-electron chi connectivity index (χ0n) is 9.60. The summed E-state index contributed by atoms with van der Waals surface area (Å²) in [5, 5.41) is 0. The molecule has 86 valence electrons. The SMILES string of the molecule is C=CCOc1cccc(-c2ccccc2N)c1. The molecule has 0 saturated heterocycles. The lowest BCUT2D eigenvalue weighted by molar-refractivity contribution is 0.363. The Morgan fingerprint density at radius 1 is 1.12 bits per heavy atom. The monoisotopic (exact) mass is 225 g/mol. The molecule has 0 aliphatic rings. The van der Waals surface area contributed by atoms with E-state index < -0.39 is 0 Å². The van der Waals surface area contributed by atoms with E-state index >= 15 is 0 Å². The first-order valence-corrected chi connectivity index (χ1v) is 5.50. The molecule has 0 spiro atoms. The second-order valence-corrected chi connectivity index (χ2v) is 3.71. The van der Waals surface area contributed by atoms with Crippen LogP contribution in [0.4, 0.5) is 5.69 Å². The minimum atomic E-state index is 0.508. The molecule has 0 atom stereocenters. The van der Waals surface area contributed by atoms with E-state index in [1.54, 1.807) is 6.08 Å². The number of anilines is 1. The normalized spacial score (nSPS) is 9.88. The molecule has 0 aliphatic carbocycles. The van der Waals surface area contributed by atoms with E-state index in [2.05, 4.69) is 6.58 Å². The first-order valence-electron chi connectivity index (χ1n) is 5.50. The van der Waals surface area contributed by atoms with Gasteiger partial charge in [0.25, 0.3) is 0 Å². The summed E-state index contributed by atoms with van der Waals surface area (Å²) in [6.07, 6.45) is 1.73. The van der Waals surface area contributed by atoms with Crippen molar-refractivity contribution in [3.05, 3.63) is 61.2 Å². The van der Waals surface area contributed by atoms with Gasteiger partial charge in [0.15, 0.2) is 0 Å². The molecule has 17 heavy (non-hydrogen) atoms. The molecule has 0 radical (unpaired) electrons. The van der Waals surface area contributed by atoms with Gasteiger partial charge >= 0.3 is 0 Å². The minimum Gasteiger partial charge on any atom is -0.490 e. The third-order valence-electron chi connectivity index (χ3n) is 2.47. The maximum atomic E-state index is 5.95. The first-order chi connectivity index (χ1) is 8.31. The molecule has 0 aromatic heterocycles. The molecule has 0 bridgehead atoms. The second kappa shape index (κ2) is 5.21. The molecule has 2 nitrogen and oxygen atoms in total. The van der Waals surface area contributed by atoms with E-state index in [1.807, 2.05) is 48.5 Å². The Labute approximate surface area is 101 Å². The van der Waals surface area contributed by atoms with Crippen molar-refractivity contribution in [3.63, 3.8) is 0 Å². The molecule has 2 aromatic carbocycles. The van der Waals surface area contributed by atoms with E-state index in [0.717, 1.165) is 22.6 Å². The predicted octanol–water partition coefficient (Wildman–Crippen LogP) is 3.50. The van der Waals surface area contributed by atoms with E-state index in [-0.39, 0.29) is 0 Å². The summed E-state index contributed by atoms with van der Waals surface area (Å²) in [5.41, 5.74) is 8.80. The van der Waals surface area contributed by atoms with Gasteiger partial charge in [-0.05, 0) is 23.8 Å². The summed E-state index contributed by atoms with van der Waals surface area (Å²) in [4.78, 5) is 0. The quantitative estimate of drug-likeness (QED) is 0.638. The van der Waals surface area contributed by atoms with E-state index in [9.17, 15) is 0 Å². The number of rotatable bonds is 4. The summed E-state index contributed by atoms with van der Waals surface area (Å²) in [6.45, 7) is 4.13. The average Bonchev–Trinajstić information content (AvgIpc) is 2.37. The van der Waals surface area contributed by atoms with Crippen LogP contribution in [0.25, 0.3) is 11.1 Å². The molecule has 0 amide bonds. The number of nitrogens with two attached hydrogens (primary N) is 1. The number of hydrogen-bond donors (Lipinski definition) is 1. The summed E-state index contributed by atoms with van der Waals surface area (Å²) in [6, 6.07) is 15.7. The highest BCUT2D eigenvalue weighted by molar-refractivity contribution is 5.76. The van der Waals surface area contributed by atoms with Crippen LogP contribution in [0.15, 0.2) is 61.2 Å². The van der Waals surface area contributed by atoms with Gasteiger partial charge in [-0.2, -0.15) is 0 Å². The molecule has 2 heteroatoms. The van der Waals surface area contributed by atoms with Gasteiger partial charge < -0.3 is 10.5 Å². The molecular formula is C15H15NO. The maximum Gasteiger partial charge on any atom is 0.120 e. The van der Waals surface area contributed by atoms with Gasteiger partial charge in [-0.1, -0.05) is 43.0 Å². The number of nitrogen functional groups attached to an aromatic ring is 1. The van der Waals surface area contributed by atoms with Gasteiger partial charge in [0.1, 0.15) is 12.4 Å². The molecule has 0 saturated carbocycles. The molecule has 0 unspecified atom stereocenters. The van der Waals surface area contributed by atoms with Gasteiger partial charge in [0.05, 0.1) is 0 Å². The van der Waals surface area contributed by atoms with Crippen LogP contribution in [0.3, 0.4) is 0 Å². The molecule has 2 aromatic rings. The van der Waals surface area contributed by atoms with Crippen molar-refractivity contribution in [2.24, 2.45) is 0 Å². The standard InChI is InChI=1S/C15H15NO/c1-2-10-17-13-7-5-6-12(11-13)14-8-3-4-9-15(14)16/h2-9,11H,1,10,16H2. The fourth-order valence-corrected chi connectivity index (χ4v) is 1.67. The number of hydrogen-bond acceptors (Lipinski definition) is 2. The van der Waals surface area contributed by atoms with Crippen LogP contribution in [0.5, 0.6) is 5.75 Å². The lowest BCUT2D eigenvalue weighted by Gasteiger charge is -2.08. The van der Waals surface area contributed by atoms with Crippen molar-refractivity contribution in [1.29, 1.82) is 0 Å². The largest absolute Gasteiger partial charge is 0.490 e. The van der Waals surface area contributed by atoms with Crippen molar-refractivity contribution in [1.82, 2.24) is 0 Å². The van der Waals surface area contributed by atoms with Crippen LogP contribution >= 0.6 is 0 Å². The van der Waals surface area contributed by atoms with Gasteiger partial charge in [-0.15, -0.1) is 0 Å². The van der Waals surface area contributed by atoms with Crippen LogP contribution in [0.2, 0.25) is 0 Å². The van der Waals surface area contributed by atoms with E-state index in [0.29, 0.717) is 6.61 Å². The van der Waals surface area contributed by atoms with Gasteiger partial charge in [0, 0.05) is 11.3 Å². The average molecular weight is 225 g/mol. The topological polar surface area (TPSA) is 35.2 Å². The molecule has 0 fully saturated rings. The van der Waals surface area contributed by atoms with Crippen molar-refractivity contribution >= 4 is 5.69 Å². The molecular weight excluding hydrogens is 210 g/mol. The zero-order valence-corrected chi connectivity index (χ0v) is 9.60. The highest BCUT2D eigenvalue weighted by atomic mass is 16.5. The Hall–Kier alpha value is -2.22.